The number of benzene rings is 1. The minimum Gasteiger partial charge on any atom is -0.497 e. The van der Waals surface area contributed by atoms with Crippen molar-refractivity contribution in [2.24, 2.45) is 0 Å². The minimum absolute atomic E-state index is 0.0875. The molecule has 1 fully saturated rings. The Kier molecular flexibility index (Phi) is 4.44. The first kappa shape index (κ1) is 14.3. The molecule has 2 rings (SSSR count). The fraction of sp³-hybridized carbons (Fsp3) is 0.538. The van der Waals surface area contributed by atoms with Crippen LogP contribution in [0.5, 0.6) is 5.75 Å². The summed E-state index contributed by atoms with van der Waals surface area (Å²) in [4.78, 5) is 0.236. The van der Waals surface area contributed by atoms with Crippen molar-refractivity contribution < 1.29 is 18.3 Å². The smallest absolute Gasteiger partial charge is 0.240 e. The zero-order valence-corrected chi connectivity index (χ0v) is 11.7. The highest BCUT2D eigenvalue weighted by molar-refractivity contribution is 7.89. The van der Waals surface area contributed by atoms with Gasteiger partial charge in [-0.15, -0.1) is 0 Å². The third-order valence-electron chi connectivity index (χ3n) is 3.39. The highest BCUT2D eigenvalue weighted by atomic mass is 32.2. The second-order valence-corrected chi connectivity index (χ2v) is 6.52. The zero-order valence-electron chi connectivity index (χ0n) is 10.9. The predicted molar refractivity (Wildman–Crippen MR) is 71.6 cm³/mol. The summed E-state index contributed by atoms with van der Waals surface area (Å²) in [6, 6.07) is 6.21. The van der Waals surface area contributed by atoms with Crippen molar-refractivity contribution in [3.8, 4) is 5.75 Å². The molecule has 1 aromatic rings. The van der Waals surface area contributed by atoms with E-state index in [1.807, 2.05) is 0 Å². The van der Waals surface area contributed by atoms with Crippen LogP contribution in [0.25, 0.3) is 0 Å². The molecule has 0 aromatic heterocycles. The quantitative estimate of drug-likeness (QED) is 0.873. The molecule has 0 saturated heterocycles. The lowest BCUT2D eigenvalue weighted by atomic mass is 9.94. The summed E-state index contributed by atoms with van der Waals surface area (Å²) in [6.45, 7) is 0. The Hall–Kier alpha value is -1.11. The van der Waals surface area contributed by atoms with E-state index in [0.29, 0.717) is 31.4 Å². The van der Waals surface area contributed by atoms with Gasteiger partial charge in [-0.05, 0) is 49.9 Å². The molecular weight excluding hydrogens is 266 g/mol. The molecule has 0 aliphatic heterocycles. The first-order valence-corrected chi connectivity index (χ1v) is 7.84. The van der Waals surface area contributed by atoms with Gasteiger partial charge in [0.05, 0.1) is 18.1 Å². The average molecular weight is 285 g/mol. The number of aliphatic hydroxyl groups excluding tert-OH is 1. The Balaban J connectivity index is 2.05. The number of sulfonamides is 1. The molecule has 0 bridgehead atoms. The number of aliphatic hydroxyl groups is 1. The Morgan fingerprint density at radius 2 is 1.74 bits per heavy atom. The fourth-order valence-electron chi connectivity index (χ4n) is 2.24. The van der Waals surface area contributed by atoms with E-state index in [0.717, 1.165) is 0 Å². The first-order valence-electron chi connectivity index (χ1n) is 6.36. The maximum Gasteiger partial charge on any atom is 0.240 e. The molecule has 6 heteroatoms. The van der Waals surface area contributed by atoms with Crippen molar-refractivity contribution in [1.82, 2.24) is 4.72 Å². The summed E-state index contributed by atoms with van der Waals surface area (Å²) in [5.41, 5.74) is 0. The second-order valence-electron chi connectivity index (χ2n) is 4.80. The van der Waals surface area contributed by atoms with Crippen LogP contribution in [0, 0.1) is 0 Å². The van der Waals surface area contributed by atoms with Crippen LogP contribution in [0.3, 0.4) is 0 Å². The van der Waals surface area contributed by atoms with Crippen LogP contribution in [0.1, 0.15) is 25.7 Å². The van der Waals surface area contributed by atoms with Crippen LogP contribution in [-0.4, -0.2) is 32.8 Å². The number of hydrogen-bond acceptors (Lipinski definition) is 4. The van der Waals surface area contributed by atoms with Gasteiger partial charge >= 0.3 is 0 Å². The van der Waals surface area contributed by atoms with Crippen molar-refractivity contribution in [1.29, 1.82) is 0 Å². The number of methoxy groups -OCH3 is 1. The monoisotopic (exact) mass is 285 g/mol. The van der Waals surface area contributed by atoms with E-state index in [9.17, 15) is 13.5 Å². The van der Waals surface area contributed by atoms with Crippen LogP contribution in [0.15, 0.2) is 29.2 Å². The highest BCUT2D eigenvalue weighted by Crippen LogP contribution is 2.21. The number of nitrogens with one attached hydrogen (secondary N) is 1. The summed E-state index contributed by atoms with van der Waals surface area (Å²) in [7, 11) is -1.95. The summed E-state index contributed by atoms with van der Waals surface area (Å²) >= 11 is 0. The predicted octanol–water partition coefficient (Wildman–Crippen LogP) is 1.28. The lowest BCUT2D eigenvalue weighted by molar-refractivity contribution is 0.120. The van der Waals surface area contributed by atoms with Gasteiger partial charge in [0.25, 0.3) is 0 Å². The third kappa shape index (κ3) is 3.68. The van der Waals surface area contributed by atoms with Gasteiger partial charge in [0.15, 0.2) is 0 Å². The molecule has 1 aliphatic rings. The second kappa shape index (κ2) is 5.90. The maximum atomic E-state index is 12.2. The fourth-order valence-corrected chi connectivity index (χ4v) is 3.54. The van der Waals surface area contributed by atoms with Gasteiger partial charge in [-0.3, -0.25) is 0 Å². The molecule has 0 radical (unpaired) electrons. The molecule has 1 aromatic carbocycles. The topological polar surface area (TPSA) is 75.6 Å². The summed E-state index contributed by atoms with van der Waals surface area (Å²) < 4.78 is 32.0. The van der Waals surface area contributed by atoms with Gasteiger partial charge in [0, 0.05) is 6.04 Å². The molecular formula is C13H19NO4S. The van der Waals surface area contributed by atoms with E-state index in [1.165, 1.54) is 19.2 Å². The molecule has 19 heavy (non-hydrogen) atoms. The van der Waals surface area contributed by atoms with Gasteiger partial charge in [0.1, 0.15) is 5.75 Å². The zero-order chi connectivity index (χ0) is 13.9. The molecule has 1 aliphatic carbocycles. The molecule has 0 unspecified atom stereocenters. The average Bonchev–Trinajstić information content (AvgIpc) is 2.41. The lowest BCUT2D eigenvalue weighted by Gasteiger charge is -2.25. The van der Waals surface area contributed by atoms with Gasteiger partial charge in [-0.25, -0.2) is 13.1 Å². The first-order chi connectivity index (χ1) is 9.01. The minimum atomic E-state index is -3.49. The van der Waals surface area contributed by atoms with Crippen LogP contribution < -0.4 is 9.46 Å². The molecule has 0 atom stereocenters. The molecule has 0 heterocycles. The SMILES string of the molecule is COc1ccc(S(=O)(=O)NC2CCC(O)CC2)cc1. The van der Waals surface area contributed by atoms with Crippen molar-refractivity contribution in [3.05, 3.63) is 24.3 Å². The van der Waals surface area contributed by atoms with Crippen molar-refractivity contribution in [3.63, 3.8) is 0 Å². The molecule has 1 saturated carbocycles. The summed E-state index contributed by atoms with van der Waals surface area (Å²) in [6.07, 6.45) is 2.36. The standard InChI is InChI=1S/C13H19NO4S/c1-18-12-6-8-13(9-7-12)19(16,17)14-10-2-4-11(15)5-3-10/h6-11,14-15H,2-5H2,1H3. The largest absolute Gasteiger partial charge is 0.497 e. The summed E-state index contributed by atoms with van der Waals surface area (Å²) in [5.74, 6) is 0.625. The molecule has 0 amide bonds. The molecule has 5 nitrogen and oxygen atoms in total. The van der Waals surface area contributed by atoms with Crippen molar-refractivity contribution >= 4 is 10.0 Å². The third-order valence-corrected chi connectivity index (χ3v) is 4.92. The van der Waals surface area contributed by atoms with E-state index in [1.54, 1.807) is 12.1 Å². The summed E-state index contributed by atoms with van der Waals surface area (Å²) in [5, 5.41) is 9.41. The Labute approximate surface area is 113 Å². The highest BCUT2D eigenvalue weighted by Gasteiger charge is 2.24. The maximum absolute atomic E-state index is 12.2. The van der Waals surface area contributed by atoms with E-state index >= 15 is 0 Å². The Bertz CT molecular complexity index is 504. The van der Waals surface area contributed by atoms with Crippen LogP contribution >= 0.6 is 0 Å². The Morgan fingerprint density at radius 1 is 1.16 bits per heavy atom. The van der Waals surface area contributed by atoms with Crippen LogP contribution in [0.2, 0.25) is 0 Å². The lowest BCUT2D eigenvalue weighted by Crippen LogP contribution is -2.38. The normalized spacial score (nSPS) is 24.1. The number of ether oxygens (including phenoxy) is 1. The van der Waals surface area contributed by atoms with E-state index < -0.39 is 10.0 Å². The van der Waals surface area contributed by atoms with E-state index in [2.05, 4.69) is 4.72 Å². The molecule has 106 valence electrons. The van der Waals surface area contributed by atoms with Gasteiger partial charge in [0.2, 0.25) is 10.0 Å². The van der Waals surface area contributed by atoms with Crippen molar-refractivity contribution in [2.45, 2.75) is 42.7 Å². The number of hydrogen-bond donors (Lipinski definition) is 2. The van der Waals surface area contributed by atoms with E-state index in [4.69, 9.17) is 4.74 Å². The van der Waals surface area contributed by atoms with Gasteiger partial charge in [-0.1, -0.05) is 0 Å². The van der Waals surface area contributed by atoms with Crippen LogP contribution in [-0.2, 0) is 10.0 Å². The molecule has 2 N–H and O–H groups in total. The van der Waals surface area contributed by atoms with Crippen molar-refractivity contribution in [2.75, 3.05) is 7.11 Å². The molecule has 0 spiro atoms. The Morgan fingerprint density at radius 3 is 2.26 bits per heavy atom. The van der Waals surface area contributed by atoms with Gasteiger partial charge < -0.3 is 9.84 Å². The van der Waals surface area contributed by atoms with E-state index in [-0.39, 0.29) is 17.0 Å². The number of rotatable bonds is 4. The van der Waals surface area contributed by atoms with Gasteiger partial charge in [-0.2, -0.15) is 0 Å². The van der Waals surface area contributed by atoms with Crippen LogP contribution in [0.4, 0.5) is 0 Å².